The first kappa shape index (κ1) is 16.4. The van der Waals surface area contributed by atoms with E-state index in [1.54, 1.807) is 24.3 Å². The molecule has 1 aliphatic heterocycles. The average molecular weight is 325 g/mol. The van der Waals surface area contributed by atoms with Gasteiger partial charge in [-0.3, -0.25) is 0 Å². The quantitative estimate of drug-likeness (QED) is 0.758. The predicted octanol–water partition coefficient (Wildman–Crippen LogP) is 3.77. The average Bonchev–Trinajstić information content (AvgIpc) is 3.10. The van der Waals surface area contributed by atoms with Crippen LogP contribution in [0.4, 0.5) is 5.69 Å². The minimum atomic E-state index is -0.267. The van der Waals surface area contributed by atoms with Crippen LogP contribution in [0.3, 0.4) is 0 Å². The fourth-order valence-corrected chi connectivity index (χ4v) is 2.97. The van der Waals surface area contributed by atoms with E-state index in [1.165, 1.54) is 5.69 Å². The highest BCUT2D eigenvalue weighted by atomic mass is 16.5. The van der Waals surface area contributed by atoms with Gasteiger partial charge in [0.05, 0.1) is 18.8 Å². The zero-order valence-corrected chi connectivity index (χ0v) is 14.0. The van der Waals surface area contributed by atoms with E-state index < -0.39 is 0 Å². The second-order valence-corrected chi connectivity index (χ2v) is 5.99. The van der Waals surface area contributed by atoms with Crippen LogP contribution in [0.5, 0.6) is 5.75 Å². The Bertz CT molecular complexity index is 654. The highest BCUT2D eigenvalue weighted by Crippen LogP contribution is 2.24. The molecule has 1 atom stereocenters. The molecule has 0 N–H and O–H groups in total. The summed E-state index contributed by atoms with van der Waals surface area (Å²) in [4.78, 5) is 14.5. The van der Waals surface area contributed by atoms with Crippen LogP contribution in [0.1, 0.15) is 23.7 Å². The third-order valence-electron chi connectivity index (χ3n) is 4.26. The molecule has 126 valence electrons. The van der Waals surface area contributed by atoms with Gasteiger partial charge in [-0.15, -0.1) is 0 Å². The Morgan fingerprint density at radius 3 is 2.58 bits per heavy atom. The molecule has 0 aliphatic carbocycles. The number of nitrogens with zero attached hydrogens (tertiary/aromatic N) is 1. The van der Waals surface area contributed by atoms with Gasteiger partial charge in [0.15, 0.2) is 0 Å². The van der Waals surface area contributed by atoms with Gasteiger partial charge in [-0.05, 0) is 49.7 Å². The first-order chi connectivity index (χ1) is 11.8. The van der Waals surface area contributed by atoms with E-state index in [0.29, 0.717) is 24.7 Å². The van der Waals surface area contributed by atoms with Crippen LogP contribution < -0.4 is 9.64 Å². The van der Waals surface area contributed by atoms with Crippen molar-refractivity contribution in [3.05, 3.63) is 60.2 Å². The van der Waals surface area contributed by atoms with Crippen LogP contribution in [-0.4, -0.2) is 32.3 Å². The van der Waals surface area contributed by atoms with Crippen molar-refractivity contribution in [2.45, 2.75) is 13.3 Å². The topological polar surface area (TPSA) is 38.8 Å². The Morgan fingerprint density at radius 2 is 1.88 bits per heavy atom. The summed E-state index contributed by atoms with van der Waals surface area (Å²) in [5.41, 5.74) is 1.80. The number of rotatable bonds is 6. The van der Waals surface area contributed by atoms with Gasteiger partial charge in [0, 0.05) is 24.7 Å². The maximum atomic E-state index is 12.1. The van der Waals surface area contributed by atoms with E-state index in [2.05, 4.69) is 29.2 Å². The normalized spacial score (nSPS) is 16.9. The molecule has 3 rings (SSSR count). The summed E-state index contributed by atoms with van der Waals surface area (Å²) in [6.45, 7) is 4.96. The van der Waals surface area contributed by atoms with E-state index in [0.717, 1.165) is 25.3 Å². The summed E-state index contributed by atoms with van der Waals surface area (Å²) >= 11 is 0. The minimum Gasteiger partial charge on any atom is -0.494 e. The van der Waals surface area contributed by atoms with Crippen molar-refractivity contribution in [1.82, 2.24) is 0 Å². The lowest BCUT2D eigenvalue weighted by Gasteiger charge is -2.18. The second-order valence-electron chi connectivity index (χ2n) is 5.99. The third kappa shape index (κ3) is 4.07. The Morgan fingerprint density at radius 1 is 1.12 bits per heavy atom. The molecule has 2 aromatic carbocycles. The molecule has 0 amide bonds. The van der Waals surface area contributed by atoms with Crippen LogP contribution in [0.25, 0.3) is 0 Å². The summed E-state index contributed by atoms with van der Waals surface area (Å²) in [5, 5.41) is 0. The van der Waals surface area contributed by atoms with Gasteiger partial charge in [0.2, 0.25) is 0 Å². The number of ether oxygens (including phenoxy) is 2. The van der Waals surface area contributed by atoms with E-state index in [9.17, 15) is 4.79 Å². The fraction of sp³-hybridized carbons (Fsp3) is 0.350. The SMILES string of the molecule is CCOc1ccc(C(=O)OCC2CCN(c3ccccc3)C2)cc1. The van der Waals surface area contributed by atoms with E-state index in [-0.39, 0.29) is 5.97 Å². The van der Waals surface area contributed by atoms with Crippen LogP contribution in [-0.2, 0) is 4.74 Å². The van der Waals surface area contributed by atoms with Crippen molar-refractivity contribution < 1.29 is 14.3 Å². The molecular weight excluding hydrogens is 302 g/mol. The zero-order chi connectivity index (χ0) is 16.8. The molecule has 2 aromatic rings. The standard InChI is InChI=1S/C20H23NO3/c1-2-23-19-10-8-17(9-11-19)20(22)24-15-16-12-13-21(14-16)18-6-4-3-5-7-18/h3-11,16H,2,12-15H2,1H3. The molecule has 24 heavy (non-hydrogen) atoms. The largest absolute Gasteiger partial charge is 0.494 e. The Labute approximate surface area is 143 Å². The zero-order valence-electron chi connectivity index (χ0n) is 14.0. The van der Waals surface area contributed by atoms with Gasteiger partial charge in [0.25, 0.3) is 0 Å². The third-order valence-corrected chi connectivity index (χ3v) is 4.26. The van der Waals surface area contributed by atoms with Crippen LogP contribution in [0.15, 0.2) is 54.6 Å². The molecule has 4 heteroatoms. The molecule has 1 aliphatic rings. The van der Waals surface area contributed by atoms with Crippen molar-refractivity contribution in [3.63, 3.8) is 0 Å². The number of para-hydroxylation sites is 1. The number of benzene rings is 2. The molecule has 0 radical (unpaired) electrons. The summed E-state index contributed by atoms with van der Waals surface area (Å²) in [5.74, 6) is 0.886. The summed E-state index contributed by atoms with van der Waals surface area (Å²) in [6.07, 6.45) is 1.05. The Kier molecular flexibility index (Phi) is 5.36. The predicted molar refractivity (Wildman–Crippen MR) is 94.7 cm³/mol. The lowest BCUT2D eigenvalue weighted by molar-refractivity contribution is 0.0451. The molecule has 1 fully saturated rings. The molecule has 0 aromatic heterocycles. The molecule has 4 nitrogen and oxygen atoms in total. The van der Waals surface area contributed by atoms with Crippen LogP contribution >= 0.6 is 0 Å². The van der Waals surface area contributed by atoms with Gasteiger partial charge in [0.1, 0.15) is 5.75 Å². The van der Waals surface area contributed by atoms with Gasteiger partial charge < -0.3 is 14.4 Å². The van der Waals surface area contributed by atoms with Crippen molar-refractivity contribution in [3.8, 4) is 5.75 Å². The van der Waals surface area contributed by atoms with Crippen molar-refractivity contribution in [1.29, 1.82) is 0 Å². The number of anilines is 1. The highest BCUT2D eigenvalue weighted by Gasteiger charge is 2.24. The number of hydrogen-bond acceptors (Lipinski definition) is 4. The van der Waals surface area contributed by atoms with Gasteiger partial charge >= 0.3 is 5.97 Å². The number of esters is 1. The first-order valence-electron chi connectivity index (χ1n) is 8.46. The van der Waals surface area contributed by atoms with Crippen LogP contribution in [0.2, 0.25) is 0 Å². The molecule has 1 heterocycles. The molecule has 0 spiro atoms. The molecular formula is C20H23NO3. The second kappa shape index (κ2) is 7.86. The molecule has 1 saturated heterocycles. The number of hydrogen-bond donors (Lipinski definition) is 0. The van der Waals surface area contributed by atoms with E-state index >= 15 is 0 Å². The molecule has 1 unspecified atom stereocenters. The number of carbonyl (C=O) groups excluding carboxylic acids is 1. The summed E-state index contributed by atoms with van der Waals surface area (Å²) < 4.78 is 10.9. The first-order valence-corrected chi connectivity index (χ1v) is 8.46. The van der Waals surface area contributed by atoms with Crippen molar-refractivity contribution in [2.75, 3.05) is 31.2 Å². The van der Waals surface area contributed by atoms with Gasteiger partial charge in [-0.25, -0.2) is 4.79 Å². The minimum absolute atomic E-state index is 0.267. The Balaban J connectivity index is 1.48. The van der Waals surface area contributed by atoms with E-state index in [1.807, 2.05) is 13.0 Å². The van der Waals surface area contributed by atoms with Crippen molar-refractivity contribution >= 4 is 11.7 Å². The molecule has 0 bridgehead atoms. The van der Waals surface area contributed by atoms with Crippen LogP contribution in [0, 0.1) is 5.92 Å². The van der Waals surface area contributed by atoms with E-state index in [4.69, 9.17) is 9.47 Å². The van der Waals surface area contributed by atoms with Gasteiger partial charge in [-0.1, -0.05) is 18.2 Å². The molecule has 0 saturated carbocycles. The monoisotopic (exact) mass is 325 g/mol. The van der Waals surface area contributed by atoms with Crippen molar-refractivity contribution in [2.24, 2.45) is 5.92 Å². The Hall–Kier alpha value is -2.49. The summed E-state index contributed by atoms with van der Waals surface area (Å²) in [6, 6.07) is 17.5. The maximum absolute atomic E-state index is 12.1. The number of carbonyl (C=O) groups is 1. The lowest BCUT2D eigenvalue weighted by Crippen LogP contribution is -2.21. The lowest BCUT2D eigenvalue weighted by atomic mass is 10.1. The summed E-state index contributed by atoms with van der Waals surface area (Å²) in [7, 11) is 0. The maximum Gasteiger partial charge on any atom is 0.338 e. The fourth-order valence-electron chi connectivity index (χ4n) is 2.97. The highest BCUT2D eigenvalue weighted by molar-refractivity contribution is 5.89. The van der Waals surface area contributed by atoms with Gasteiger partial charge in [-0.2, -0.15) is 0 Å². The smallest absolute Gasteiger partial charge is 0.338 e.